The summed E-state index contributed by atoms with van der Waals surface area (Å²) >= 11 is 0. The highest BCUT2D eigenvalue weighted by Gasteiger charge is 2.26. The Balaban J connectivity index is 1.51. The van der Waals surface area contributed by atoms with E-state index in [0.29, 0.717) is 0 Å². The third-order valence-corrected chi connectivity index (χ3v) is 9.00. The molecule has 4 aromatic carbocycles. The summed E-state index contributed by atoms with van der Waals surface area (Å²) in [6.07, 6.45) is 24.3. The highest BCUT2D eigenvalue weighted by atomic mass is 15.0. The highest BCUT2D eigenvalue weighted by molar-refractivity contribution is 6.11. The van der Waals surface area contributed by atoms with E-state index in [1.54, 1.807) is 6.20 Å². The van der Waals surface area contributed by atoms with E-state index in [2.05, 4.69) is 152 Å². The second-order valence-corrected chi connectivity index (χ2v) is 12.1. The van der Waals surface area contributed by atoms with Crippen LogP contribution in [0.1, 0.15) is 37.1 Å². The number of aromatic nitrogens is 1. The number of nitrogens with zero attached hydrogens (tertiary/aromatic N) is 1. The molecule has 0 amide bonds. The van der Waals surface area contributed by atoms with Crippen LogP contribution in [0.3, 0.4) is 0 Å². The Morgan fingerprint density at radius 1 is 0.915 bits per heavy atom. The standard InChI is InChI=1S/C45H42N2/c1-5-7-9-17-34(29-32(3)15-6-2)35-22-26-42-43-27-24-37-30-36(40-21-13-12-20-39(40)33(4)16-14-28-46)23-25-41(37)45(43)47(44(42)31-35)38-18-10-8-11-19-38/h5-28,30,35H,1,3,29,31,46H2,2,4H3/b9-7-,15-6-,28-14-,33-16+,34-17+. The first-order valence-corrected chi connectivity index (χ1v) is 16.3. The predicted molar refractivity (Wildman–Crippen MR) is 205 cm³/mol. The van der Waals surface area contributed by atoms with Crippen LogP contribution in [-0.4, -0.2) is 4.57 Å². The van der Waals surface area contributed by atoms with Crippen molar-refractivity contribution in [2.45, 2.75) is 26.7 Å². The lowest BCUT2D eigenvalue weighted by atomic mass is 9.84. The van der Waals surface area contributed by atoms with Gasteiger partial charge in [-0.3, -0.25) is 0 Å². The third kappa shape index (κ3) is 6.41. The second-order valence-electron chi connectivity index (χ2n) is 12.1. The van der Waals surface area contributed by atoms with Gasteiger partial charge in [-0.1, -0.05) is 146 Å². The van der Waals surface area contributed by atoms with E-state index in [1.807, 2.05) is 25.2 Å². The van der Waals surface area contributed by atoms with E-state index in [-0.39, 0.29) is 5.92 Å². The molecular weight excluding hydrogens is 569 g/mol. The molecule has 2 nitrogen and oxygen atoms in total. The summed E-state index contributed by atoms with van der Waals surface area (Å²) in [6.45, 7) is 12.4. The second kappa shape index (κ2) is 14.2. The van der Waals surface area contributed by atoms with E-state index in [1.165, 1.54) is 66.5 Å². The highest BCUT2D eigenvalue weighted by Crippen LogP contribution is 2.42. The van der Waals surface area contributed by atoms with Gasteiger partial charge in [-0.25, -0.2) is 0 Å². The molecule has 1 aromatic heterocycles. The summed E-state index contributed by atoms with van der Waals surface area (Å²) in [5.74, 6) is 0.255. The van der Waals surface area contributed by atoms with Gasteiger partial charge in [0, 0.05) is 33.6 Å². The molecule has 6 rings (SSSR count). The fourth-order valence-corrected chi connectivity index (χ4v) is 6.84. The molecule has 1 aliphatic rings. The van der Waals surface area contributed by atoms with E-state index >= 15 is 0 Å². The Morgan fingerprint density at radius 3 is 2.49 bits per heavy atom. The molecule has 0 saturated heterocycles. The number of para-hydroxylation sites is 1. The summed E-state index contributed by atoms with van der Waals surface area (Å²) < 4.78 is 2.50. The molecule has 0 spiro atoms. The Hall–Kier alpha value is -5.60. The van der Waals surface area contributed by atoms with Crippen molar-refractivity contribution < 1.29 is 0 Å². The number of hydrogen-bond donors (Lipinski definition) is 1. The lowest BCUT2D eigenvalue weighted by Crippen LogP contribution is -2.13. The predicted octanol–water partition coefficient (Wildman–Crippen LogP) is 11.7. The zero-order valence-electron chi connectivity index (χ0n) is 27.4. The van der Waals surface area contributed by atoms with Crippen molar-refractivity contribution in [2.24, 2.45) is 11.7 Å². The number of hydrogen-bond acceptors (Lipinski definition) is 1. The minimum atomic E-state index is 0.255. The van der Waals surface area contributed by atoms with Crippen LogP contribution in [0, 0.1) is 5.92 Å². The van der Waals surface area contributed by atoms with Crippen LogP contribution in [0.15, 0.2) is 170 Å². The minimum Gasteiger partial charge on any atom is -0.405 e. The molecule has 0 aliphatic heterocycles. The average molecular weight is 611 g/mol. The van der Waals surface area contributed by atoms with Gasteiger partial charge in [0.15, 0.2) is 0 Å². The Morgan fingerprint density at radius 2 is 1.70 bits per heavy atom. The first kappa shape index (κ1) is 31.4. The molecule has 2 heteroatoms. The van der Waals surface area contributed by atoms with Crippen molar-refractivity contribution in [3.8, 4) is 16.8 Å². The monoisotopic (exact) mass is 610 g/mol. The number of fused-ring (bicyclic) bond motifs is 5. The normalized spacial score (nSPS) is 15.4. The van der Waals surface area contributed by atoms with Crippen molar-refractivity contribution >= 4 is 33.3 Å². The van der Waals surface area contributed by atoms with Gasteiger partial charge in [0.2, 0.25) is 0 Å². The van der Waals surface area contributed by atoms with Crippen molar-refractivity contribution in [2.75, 3.05) is 0 Å². The molecule has 1 aliphatic carbocycles. The maximum absolute atomic E-state index is 5.63. The van der Waals surface area contributed by atoms with E-state index in [4.69, 9.17) is 5.73 Å². The molecule has 0 saturated carbocycles. The Bertz CT molecular complexity index is 2140. The van der Waals surface area contributed by atoms with Crippen LogP contribution in [0.25, 0.3) is 50.1 Å². The van der Waals surface area contributed by atoms with Crippen molar-refractivity contribution in [3.05, 3.63) is 187 Å². The lowest BCUT2D eigenvalue weighted by Gasteiger charge is -2.23. The molecule has 47 heavy (non-hydrogen) atoms. The zero-order chi connectivity index (χ0) is 32.8. The summed E-state index contributed by atoms with van der Waals surface area (Å²) in [6, 6.07) is 30.9. The van der Waals surface area contributed by atoms with Crippen LogP contribution >= 0.6 is 0 Å². The van der Waals surface area contributed by atoms with Gasteiger partial charge in [0.1, 0.15) is 0 Å². The summed E-state index contributed by atoms with van der Waals surface area (Å²) in [7, 11) is 0. The molecule has 0 radical (unpaired) electrons. The van der Waals surface area contributed by atoms with Crippen LogP contribution in [0.2, 0.25) is 0 Å². The van der Waals surface area contributed by atoms with E-state index in [0.717, 1.165) is 18.4 Å². The van der Waals surface area contributed by atoms with Crippen molar-refractivity contribution in [1.29, 1.82) is 0 Å². The van der Waals surface area contributed by atoms with Gasteiger partial charge in [0.25, 0.3) is 0 Å². The van der Waals surface area contributed by atoms with Crippen molar-refractivity contribution in [1.82, 2.24) is 4.57 Å². The fourth-order valence-electron chi connectivity index (χ4n) is 6.84. The lowest BCUT2D eigenvalue weighted by molar-refractivity contribution is 0.699. The van der Waals surface area contributed by atoms with Gasteiger partial charge in [0.05, 0.1) is 5.52 Å². The van der Waals surface area contributed by atoms with E-state index in [9.17, 15) is 0 Å². The number of rotatable bonds is 10. The van der Waals surface area contributed by atoms with Crippen LogP contribution < -0.4 is 5.73 Å². The number of nitrogens with two attached hydrogens (primary N) is 1. The molecule has 1 unspecified atom stereocenters. The number of allylic oxidation sites excluding steroid dienone is 12. The molecule has 1 heterocycles. The molecule has 1 atom stereocenters. The van der Waals surface area contributed by atoms with Gasteiger partial charge >= 0.3 is 0 Å². The van der Waals surface area contributed by atoms with E-state index < -0.39 is 0 Å². The van der Waals surface area contributed by atoms with Crippen LogP contribution in [0.5, 0.6) is 0 Å². The summed E-state index contributed by atoms with van der Waals surface area (Å²) in [5, 5.41) is 3.75. The summed E-state index contributed by atoms with van der Waals surface area (Å²) in [4.78, 5) is 0. The maximum atomic E-state index is 5.63. The molecule has 2 N–H and O–H groups in total. The topological polar surface area (TPSA) is 30.9 Å². The van der Waals surface area contributed by atoms with Crippen LogP contribution in [0.4, 0.5) is 0 Å². The maximum Gasteiger partial charge on any atom is 0.0616 e. The first-order chi connectivity index (χ1) is 23.0. The molecule has 232 valence electrons. The molecule has 0 bridgehead atoms. The average Bonchev–Trinajstić information content (AvgIpc) is 3.44. The smallest absolute Gasteiger partial charge is 0.0616 e. The van der Waals surface area contributed by atoms with Gasteiger partial charge in [-0.05, 0) is 84.8 Å². The van der Waals surface area contributed by atoms with Gasteiger partial charge < -0.3 is 10.3 Å². The Kier molecular flexibility index (Phi) is 9.50. The zero-order valence-corrected chi connectivity index (χ0v) is 27.4. The molecular formula is C45H42N2. The minimum absolute atomic E-state index is 0.255. The SMILES string of the molecule is C=C/C=C\C=C(/CC(=C)/C=C\C)C1C=Cc2c(n(-c3ccccc3)c3c2ccc2cc(-c4ccccc4/C(C)=C/C=C\N)ccc23)C1. The summed E-state index contributed by atoms with van der Waals surface area (Å²) in [5.41, 5.74) is 17.9. The van der Waals surface area contributed by atoms with Crippen molar-refractivity contribution in [3.63, 3.8) is 0 Å². The first-order valence-electron chi connectivity index (χ1n) is 16.3. The van der Waals surface area contributed by atoms with Crippen LogP contribution in [-0.2, 0) is 6.42 Å². The molecule has 0 fully saturated rings. The Labute approximate surface area is 279 Å². The number of benzene rings is 4. The third-order valence-electron chi connectivity index (χ3n) is 9.00. The fraction of sp³-hybridized carbons (Fsp3) is 0.111. The van der Waals surface area contributed by atoms with Gasteiger partial charge in [-0.15, -0.1) is 0 Å². The quantitative estimate of drug-likeness (QED) is 0.157. The van der Waals surface area contributed by atoms with Gasteiger partial charge in [-0.2, -0.15) is 0 Å². The molecule has 5 aromatic rings. The largest absolute Gasteiger partial charge is 0.405 e.